The maximum Gasteiger partial charge on any atom is 0.416 e. The molecule has 0 aromatic heterocycles. The van der Waals surface area contributed by atoms with Gasteiger partial charge in [-0.05, 0) is 19.3 Å². The molecule has 4 nitrogen and oxygen atoms in total. The summed E-state index contributed by atoms with van der Waals surface area (Å²) < 4.78 is 4.47. The van der Waals surface area contributed by atoms with Crippen molar-refractivity contribution in [2.45, 2.75) is 44.9 Å². The number of carbonyl (C=O) groups is 1. The zero-order valence-corrected chi connectivity index (χ0v) is 9.95. The van der Waals surface area contributed by atoms with Crippen LogP contribution in [0.15, 0.2) is 12.7 Å². The lowest BCUT2D eigenvalue weighted by Crippen LogP contribution is -2.16. The van der Waals surface area contributed by atoms with Crippen LogP contribution in [0, 0.1) is 0 Å². The minimum Gasteiger partial charge on any atom is -0.460 e. The van der Waals surface area contributed by atoms with Crippen LogP contribution in [0.25, 0.3) is 5.53 Å². The van der Waals surface area contributed by atoms with Crippen molar-refractivity contribution in [2.75, 3.05) is 7.11 Å². The van der Waals surface area contributed by atoms with Gasteiger partial charge >= 0.3 is 11.7 Å². The van der Waals surface area contributed by atoms with E-state index in [1.54, 1.807) is 0 Å². The molecule has 90 valence electrons. The van der Waals surface area contributed by atoms with Gasteiger partial charge in [-0.3, -0.25) is 0 Å². The molecule has 0 spiro atoms. The molecule has 16 heavy (non-hydrogen) atoms. The second-order valence-electron chi connectivity index (χ2n) is 3.63. The van der Waals surface area contributed by atoms with Crippen LogP contribution in [-0.4, -0.2) is 23.6 Å². The van der Waals surface area contributed by atoms with Crippen molar-refractivity contribution in [3.05, 3.63) is 18.2 Å². The molecular formula is C12H20N2O2. The lowest BCUT2D eigenvalue weighted by atomic mass is 10.1. The van der Waals surface area contributed by atoms with Gasteiger partial charge in [0.1, 0.15) is 0 Å². The van der Waals surface area contributed by atoms with Crippen LogP contribution in [0.2, 0.25) is 0 Å². The Balaban J connectivity index is 3.53. The average molecular weight is 224 g/mol. The van der Waals surface area contributed by atoms with Crippen LogP contribution in [0.1, 0.15) is 44.9 Å². The Morgan fingerprint density at radius 1 is 1.31 bits per heavy atom. The molecule has 4 heteroatoms. The van der Waals surface area contributed by atoms with Crippen molar-refractivity contribution in [1.29, 1.82) is 0 Å². The fourth-order valence-electron chi connectivity index (χ4n) is 1.42. The van der Waals surface area contributed by atoms with E-state index < -0.39 is 5.97 Å². The van der Waals surface area contributed by atoms with E-state index in [4.69, 9.17) is 5.53 Å². The normalized spacial score (nSPS) is 9.31. The zero-order chi connectivity index (χ0) is 12.2. The average Bonchev–Trinajstić information content (AvgIpc) is 2.32. The Morgan fingerprint density at radius 2 is 1.94 bits per heavy atom. The minimum atomic E-state index is -0.547. The van der Waals surface area contributed by atoms with E-state index in [0.717, 1.165) is 25.7 Å². The largest absolute Gasteiger partial charge is 0.460 e. The van der Waals surface area contributed by atoms with Crippen LogP contribution in [0.3, 0.4) is 0 Å². The van der Waals surface area contributed by atoms with Crippen LogP contribution in [0.4, 0.5) is 0 Å². The Hall–Kier alpha value is -1.41. The summed E-state index contributed by atoms with van der Waals surface area (Å²) in [5, 5.41) is 0. The van der Waals surface area contributed by atoms with Gasteiger partial charge in [-0.15, -0.1) is 6.58 Å². The second kappa shape index (κ2) is 10.1. The van der Waals surface area contributed by atoms with E-state index in [-0.39, 0.29) is 5.71 Å². The summed E-state index contributed by atoms with van der Waals surface area (Å²) in [5.41, 5.74) is 8.68. The van der Waals surface area contributed by atoms with Crippen molar-refractivity contribution >= 4 is 11.7 Å². The molecule has 0 bridgehead atoms. The maximum absolute atomic E-state index is 11.0. The smallest absolute Gasteiger partial charge is 0.416 e. The first-order valence-corrected chi connectivity index (χ1v) is 5.66. The summed E-state index contributed by atoms with van der Waals surface area (Å²) in [7, 11) is 1.28. The quantitative estimate of drug-likeness (QED) is 0.151. The summed E-state index contributed by atoms with van der Waals surface area (Å²) in [6.07, 6.45) is 8.82. The number of nitrogens with zero attached hydrogens (tertiary/aromatic N) is 2. The minimum absolute atomic E-state index is 0.105. The number of allylic oxidation sites excluding steroid dienone is 1. The third kappa shape index (κ3) is 6.96. The SMILES string of the molecule is C=CCCCCCCCC(=[N+]=[N-])C(=O)OC. The highest BCUT2D eigenvalue weighted by molar-refractivity contribution is 6.33. The molecule has 0 saturated heterocycles. The monoisotopic (exact) mass is 224 g/mol. The molecule has 0 rings (SSSR count). The third-order valence-electron chi connectivity index (χ3n) is 2.36. The Labute approximate surface area is 96.9 Å². The van der Waals surface area contributed by atoms with Gasteiger partial charge in [0.15, 0.2) is 0 Å². The molecule has 0 aromatic rings. The predicted octanol–water partition coefficient (Wildman–Crippen LogP) is 2.75. The van der Waals surface area contributed by atoms with E-state index in [1.807, 2.05) is 6.08 Å². The van der Waals surface area contributed by atoms with Gasteiger partial charge in [-0.1, -0.05) is 25.3 Å². The van der Waals surface area contributed by atoms with Crippen LogP contribution < -0.4 is 0 Å². The fourth-order valence-corrected chi connectivity index (χ4v) is 1.42. The van der Waals surface area contributed by atoms with Crippen LogP contribution in [-0.2, 0) is 9.53 Å². The van der Waals surface area contributed by atoms with Crippen LogP contribution in [0.5, 0.6) is 0 Å². The molecule has 0 aliphatic heterocycles. The molecule has 0 atom stereocenters. The highest BCUT2D eigenvalue weighted by Crippen LogP contribution is 2.07. The first-order valence-electron chi connectivity index (χ1n) is 5.66. The van der Waals surface area contributed by atoms with E-state index in [0.29, 0.717) is 6.42 Å². The third-order valence-corrected chi connectivity index (χ3v) is 2.36. The Kier molecular flexibility index (Phi) is 9.23. The van der Waals surface area contributed by atoms with E-state index in [2.05, 4.69) is 16.1 Å². The molecule has 0 heterocycles. The first kappa shape index (κ1) is 14.6. The fraction of sp³-hybridized carbons (Fsp3) is 0.667. The maximum atomic E-state index is 11.0. The molecular weight excluding hydrogens is 204 g/mol. The number of hydrogen-bond acceptors (Lipinski definition) is 2. The highest BCUT2D eigenvalue weighted by atomic mass is 16.5. The molecule has 0 aromatic carbocycles. The van der Waals surface area contributed by atoms with Gasteiger partial charge in [0.2, 0.25) is 0 Å². The number of methoxy groups -OCH3 is 1. The zero-order valence-electron chi connectivity index (χ0n) is 9.95. The number of rotatable bonds is 9. The molecule has 0 radical (unpaired) electrons. The molecule has 0 aliphatic rings. The van der Waals surface area contributed by atoms with Gasteiger partial charge < -0.3 is 10.3 Å². The van der Waals surface area contributed by atoms with Gasteiger partial charge in [-0.25, -0.2) is 4.79 Å². The molecule has 0 aliphatic carbocycles. The van der Waals surface area contributed by atoms with Crippen molar-refractivity contribution in [1.82, 2.24) is 0 Å². The summed E-state index contributed by atoms with van der Waals surface area (Å²) in [6.45, 7) is 3.66. The van der Waals surface area contributed by atoms with E-state index in [1.165, 1.54) is 20.0 Å². The van der Waals surface area contributed by atoms with Crippen molar-refractivity contribution < 1.29 is 14.3 Å². The number of carbonyl (C=O) groups excluding carboxylic acids is 1. The number of esters is 1. The summed E-state index contributed by atoms with van der Waals surface area (Å²) in [6, 6.07) is 0. The number of ether oxygens (including phenoxy) is 1. The van der Waals surface area contributed by atoms with Crippen molar-refractivity contribution in [3.63, 3.8) is 0 Å². The van der Waals surface area contributed by atoms with Crippen LogP contribution >= 0.6 is 0 Å². The highest BCUT2D eigenvalue weighted by Gasteiger charge is 2.19. The molecule has 0 amide bonds. The second-order valence-corrected chi connectivity index (χ2v) is 3.63. The molecule has 0 saturated carbocycles. The van der Waals surface area contributed by atoms with Crippen molar-refractivity contribution in [3.8, 4) is 0 Å². The Bertz CT molecular complexity index is 268. The standard InChI is InChI=1S/C12H20N2O2/c1-3-4-5-6-7-8-9-10-11(14-13)12(15)16-2/h3H,1,4-10H2,2H3. The van der Waals surface area contributed by atoms with E-state index in [9.17, 15) is 4.79 Å². The van der Waals surface area contributed by atoms with Gasteiger partial charge in [0.05, 0.1) is 13.5 Å². The van der Waals surface area contributed by atoms with Gasteiger partial charge in [0, 0.05) is 0 Å². The Morgan fingerprint density at radius 3 is 2.50 bits per heavy atom. The summed E-state index contributed by atoms with van der Waals surface area (Å²) in [5.74, 6) is -0.547. The summed E-state index contributed by atoms with van der Waals surface area (Å²) >= 11 is 0. The van der Waals surface area contributed by atoms with E-state index >= 15 is 0 Å². The first-order chi connectivity index (χ1) is 7.76. The van der Waals surface area contributed by atoms with Gasteiger partial charge in [-0.2, -0.15) is 4.79 Å². The number of hydrogen-bond donors (Lipinski definition) is 0. The topological polar surface area (TPSA) is 62.7 Å². The summed E-state index contributed by atoms with van der Waals surface area (Å²) in [4.78, 5) is 14.0. The van der Waals surface area contributed by atoms with Gasteiger partial charge in [0.25, 0.3) is 0 Å². The van der Waals surface area contributed by atoms with Crippen molar-refractivity contribution in [2.24, 2.45) is 0 Å². The molecule has 0 fully saturated rings. The molecule has 0 N–H and O–H groups in total. The number of unbranched alkanes of at least 4 members (excludes halogenated alkanes) is 5. The molecule has 0 unspecified atom stereocenters. The lowest BCUT2D eigenvalue weighted by Gasteiger charge is -1.98. The lowest BCUT2D eigenvalue weighted by molar-refractivity contribution is -0.137. The predicted molar refractivity (Wildman–Crippen MR) is 63.2 cm³/mol.